The molecule has 0 bridgehead atoms. The van der Waals surface area contributed by atoms with Gasteiger partial charge in [0.15, 0.2) is 5.82 Å². The van der Waals surface area contributed by atoms with Crippen LogP contribution in [0.3, 0.4) is 0 Å². The molecule has 1 heterocycles. The smallest absolute Gasteiger partial charge is 0.226 e. The number of nitrogens with zero attached hydrogens (tertiary/aromatic N) is 2. The highest BCUT2D eigenvalue weighted by molar-refractivity contribution is 4.92. The van der Waals surface area contributed by atoms with Crippen molar-refractivity contribution in [2.75, 3.05) is 6.54 Å². The number of aromatic nitrogens is 2. The molecule has 0 aliphatic heterocycles. The second-order valence-corrected chi connectivity index (χ2v) is 5.87. The van der Waals surface area contributed by atoms with E-state index in [1.165, 1.54) is 12.8 Å². The monoisotopic (exact) mass is 251 g/mol. The van der Waals surface area contributed by atoms with Crippen molar-refractivity contribution in [3.63, 3.8) is 0 Å². The van der Waals surface area contributed by atoms with Crippen LogP contribution >= 0.6 is 0 Å². The molecule has 2 rings (SSSR count). The molecule has 18 heavy (non-hydrogen) atoms. The van der Waals surface area contributed by atoms with Gasteiger partial charge in [-0.1, -0.05) is 19.0 Å². The first-order chi connectivity index (χ1) is 8.69. The van der Waals surface area contributed by atoms with Crippen LogP contribution in [0, 0.1) is 17.8 Å². The van der Waals surface area contributed by atoms with E-state index in [2.05, 4.69) is 24.0 Å². The Kier molecular flexibility index (Phi) is 4.75. The molecule has 1 unspecified atom stereocenters. The molecule has 0 radical (unpaired) electrons. The normalized spacial score (nSPS) is 17.3. The molecule has 102 valence electrons. The van der Waals surface area contributed by atoms with Crippen molar-refractivity contribution in [3.8, 4) is 0 Å². The van der Waals surface area contributed by atoms with Crippen LogP contribution < -0.4 is 5.73 Å². The molecule has 0 saturated heterocycles. The Balaban J connectivity index is 1.78. The van der Waals surface area contributed by atoms with Gasteiger partial charge < -0.3 is 10.3 Å². The van der Waals surface area contributed by atoms with E-state index in [0.29, 0.717) is 11.8 Å². The maximum absolute atomic E-state index is 5.65. The van der Waals surface area contributed by atoms with Crippen LogP contribution in [0.4, 0.5) is 0 Å². The van der Waals surface area contributed by atoms with Crippen LogP contribution in [0.2, 0.25) is 0 Å². The number of hydrogen-bond acceptors (Lipinski definition) is 4. The largest absolute Gasteiger partial charge is 0.339 e. The number of hydrogen-bond donors (Lipinski definition) is 1. The van der Waals surface area contributed by atoms with Gasteiger partial charge in [-0.15, -0.1) is 0 Å². The average Bonchev–Trinajstić information content (AvgIpc) is 3.02. The molecule has 0 amide bonds. The highest BCUT2D eigenvalue weighted by Gasteiger charge is 2.24. The lowest BCUT2D eigenvalue weighted by molar-refractivity contribution is 0.312. The van der Waals surface area contributed by atoms with E-state index in [1.807, 2.05) is 0 Å². The zero-order valence-corrected chi connectivity index (χ0v) is 11.6. The van der Waals surface area contributed by atoms with Gasteiger partial charge in [0.2, 0.25) is 5.89 Å². The van der Waals surface area contributed by atoms with Crippen LogP contribution in [0.1, 0.15) is 51.2 Å². The molecule has 1 aliphatic carbocycles. The zero-order chi connectivity index (χ0) is 13.0. The molecule has 0 spiro atoms. The Morgan fingerprint density at radius 1 is 1.33 bits per heavy atom. The highest BCUT2D eigenvalue weighted by Crippen LogP contribution is 2.31. The Morgan fingerprint density at radius 2 is 2.11 bits per heavy atom. The van der Waals surface area contributed by atoms with Gasteiger partial charge in [0.05, 0.1) is 0 Å². The fraction of sp³-hybridized carbons (Fsp3) is 0.857. The minimum absolute atomic E-state index is 0.661. The van der Waals surface area contributed by atoms with E-state index in [-0.39, 0.29) is 0 Å². The van der Waals surface area contributed by atoms with Crippen LogP contribution in [-0.2, 0) is 12.8 Å². The average molecular weight is 251 g/mol. The number of nitrogens with two attached hydrogens (primary N) is 1. The van der Waals surface area contributed by atoms with Crippen LogP contribution in [0.5, 0.6) is 0 Å². The Labute approximate surface area is 109 Å². The van der Waals surface area contributed by atoms with Crippen molar-refractivity contribution in [2.45, 2.75) is 52.4 Å². The van der Waals surface area contributed by atoms with Crippen LogP contribution in [0.15, 0.2) is 4.52 Å². The molecule has 1 saturated carbocycles. The predicted molar refractivity (Wildman–Crippen MR) is 71.0 cm³/mol. The minimum Gasteiger partial charge on any atom is -0.339 e. The van der Waals surface area contributed by atoms with Gasteiger partial charge in [-0.05, 0) is 50.0 Å². The summed E-state index contributed by atoms with van der Waals surface area (Å²) in [6, 6.07) is 0. The van der Waals surface area contributed by atoms with Crippen molar-refractivity contribution in [1.82, 2.24) is 10.1 Å². The second kappa shape index (κ2) is 6.32. The van der Waals surface area contributed by atoms with Gasteiger partial charge in [-0.2, -0.15) is 4.98 Å². The van der Waals surface area contributed by atoms with E-state index >= 15 is 0 Å². The SMILES string of the molecule is CC(C)C(CCN)CCc1nc(CC2CC2)no1. The van der Waals surface area contributed by atoms with E-state index in [9.17, 15) is 0 Å². The Morgan fingerprint density at radius 3 is 2.72 bits per heavy atom. The summed E-state index contributed by atoms with van der Waals surface area (Å²) in [7, 11) is 0. The molecule has 4 nitrogen and oxygen atoms in total. The predicted octanol–water partition coefficient (Wildman–Crippen LogP) is 2.58. The fourth-order valence-corrected chi connectivity index (χ4v) is 2.39. The lowest BCUT2D eigenvalue weighted by atomic mass is 9.88. The maximum Gasteiger partial charge on any atom is 0.226 e. The Hall–Kier alpha value is -0.900. The van der Waals surface area contributed by atoms with Gasteiger partial charge in [-0.25, -0.2) is 0 Å². The molecule has 2 N–H and O–H groups in total. The molecular weight excluding hydrogens is 226 g/mol. The van der Waals surface area contributed by atoms with Crippen molar-refractivity contribution in [1.29, 1.82) is 0 Å². The van der Waals surface area contributed by atoms with E-state index in [0.717, 1.165) is 49.9 Å². The van der Waals surface area contributed by atoms with E-state index < -0.39 is 0 Å². The molecule has 1 fully saturated rings. The van der Waals surface area contributed by atoms with E-state index in [1.54, 1.807) is 0 Å². The summed E-state index contributed by atoms with van der Waals surface area (Å²) in [5.41, 5.74) is 5.65. The van der Waals surface area contributed by atoms with Gasteiger partial charge >= 0.3 is 0 Å². The molecule has 1 aromatic heterocycles. The fourth-order valence-electron chi connectivity index (χ4n) is 2.39. The van der Waals surface area contributed by atoms with Crippen molar-refractivity contribution >= 4 is 0 Å². The Bertz CT molecular complexity index is 358. The van der Waals surface area contributed by atoms with Crippen LogP contribution in [0.25, 0.3) is 0 Å². The molecule has 4 heteroatoms. The molecule has 1 aliphatic rings. The summed E-state index contributed by atoms with van der Waals surface area (Å²) >= 11 is 0. The van der Waals surface area contributed by atoms with Crippen molar-refractivity contribution in [2.24, 2.45) is 23.5 Å². The second-order valence-electron chi connectivity index (χ2n) is 5.87. The molecule has 1 aromatic rings. The summed E-state index contributed by atoms with van der Waals surface area (Å²) in [5, 5.41) is 4.05. The van der Waals surface area contributed by atoms with Crippen molar-refractivity contribution in [3.05, 3.63) is 11.7 Å². The number of rotatable bonds is 8. The van der Waals surface area contributed by atoms with Crippen LogP contribution in [-0.4, -0.2) is 16.7 Å². The van der Waals surface area contributed by atoms with Crippen molar-refractivity contribution < 1.29 is 4.52 Å². The standard InChI is InChI=1S/C14H25N3O/c1-10(2)12(7-8-15)5-6-14-16-13(17-18-14)9-11-3-4-11/h10-12H,3-9,15H2,1-2H3. The third-order valence-electron chi connectivity index (χ3n) is 3.89. The summed E-state index contributed by atoms with van der Waals surface area (Å²) < 4.78 is 5.31. The highest BCUT2D eigenvalue weighted by atomic mass is 16.5. The molecule has 0 aromatic carbocycles. The molecular formula is C14H25N3O. The summed E-state index contributed by atoms with van der Waals surface area (Å²) in [6.45, 7) is 5.28. The number of aryl methyl sites for hydroxylation is 1. The third kappa shape index (κ3) is 4.09. The lowest BCUT2D eigenvalue weighted by Gasteiger charge is -2.18. The minimum atomic E-state index is 0.661. The topological polar surface area (TPSA) is 64.9 Å². The summed E-state index contributed by atoms with van der Waals surface area (Å²) in [4.78, 5) is 4.47. The maximum atomic E-state index is 5.65. The van der Waals surface area contributed by atoms with E-state index in [4.69, 9.17) is 10.3 Å². The first-order valence-electron chi connectivity index (χ1n) is 7.20. The first-order valence-corrected chi connectivity index (χ1v) is 7.20. The zero-order valence-electron chi connectivity index (χ0n) is 11.6. The molecule has 1 atom stereocenters. The van der Waals surface area contributed by atoms with Gasteiger partial charge in [0, 0.05) is 12.8 Å². The van der Waals surface area contributed by atoms with Gasteiger partial charge in [0.25, 0.3) is 0 Å². The first kappa shape index (κ1) is 13.5. The summed E-state index contributed by atoms with van der Waals surface area (Å²) in [6.07, 6.45) is 6.73. The summed E-state index contributed by atoms with van der Waals surface area (Å²) in [5.74, 6) is 3.84. The van der Waals surface area contributed by atoms with Gasteiger partial charge in [-0.3, -0.25) is 0 Å². The lowest BCUT2D eigenvalue weighted by Crippen LogP contribution is -2.15. The quantitative estimate of drug-likeness (QED) is 0.771. The third-order valence-corrected chi connectivity index (χ3v) is 3.89. The van der Waals surface area contributed by atoms with Gasteiger partial charge in [0.1, 0.15) is 0 Å².